The summed E-state index contributed by atoms with van der Waals surface area (Å²) in [7, 11) is 0. The molecule has 2 aromatic rings. The topological polar surface area (TPSA) is 29.9 Å². The second-order valence-corrected chi connectivity index (χ2v) is 6.20. The molecule has 0 saturated heterocycles. The summed E-state index contributed by atoms with van der Waals surface area (Å²) in [5.41, 5.74) is 0.574. The summed E-state index contributed by atoms with van der Waals surface area (Å²) >= 11 is 5.80. The highest BCUT2D eigenvalue weighted by Crippen LogP contribution is 2.19. The number of nitrogens with one attached hydrogen (secondary N) is 1. The monoisotopic (exact) mass is 295 g/mol. The lowest BCUT2D eigenvalue weighted by Gasteiger charge is -2.20. The van der Waals surface area contributed by atoms with Crippen LogP contribution in [0.1, 0.15) is 32.2 Å². The van der Waals surface area contributed by atoms with Crippen molar-refractivity contribution in [1.82, 2.24) is 14.9 Å². The van der Waals surface area contributed by atoms with Crippen LogP contribution in [-0.2, 0) is 13.1 Å². The van der Waals surface area contributed by atoms with Gasteiger partial charge in [0.2, 0.25) is 0 Å². The Balaban J connectivity index is 2.14. The third kappa shape index (κ3) is 3.81. The van der Waals surface area contributed by atoms with Crippen LogP contribution in [0.4, 0.5) is 4.39 Å². The lowest BCUT2D eigenvalue weighted by Crippen LogP contribution is -2.36. The molecule has 0 atom stereocenters. The first-order valence-corrected chi connectivity index (χ1v) is 6.92. The average molecular weight is 296 g/mol. The van der Waals surface area contributed by atoms with Gasteiger partial charge in [0.25, 0.3) is 0 Å². The Hall–Kier alpha value is -1.39. The number of halogens is 2. The van der Waals surface area contributed by atoms with Crippen molar-refractivity contribution in [3.05, 3.63) is 52.8 Å². The zero-order valence-corrected chi connectivity index (χ0v) is 12.7. The third-order valence-electron chi connectivity index (χ3n) is 2.95. The zero-order chi connectivity index (χ0) is 14.8. The smallest absolute Gasteiger partial charge is 0.146 e. The molecule has 0 radical (unpaired) electrons. The van der Waals surface area contributed by atoms with E-state index in [-0.39, 0.29) is 16.4 Å². The largest absolute Gasteiger partial charge is 0.329 e. The quantitative estimate of drug-likeness (QED) is 0.934. The van der Waals surface area contributed by atoms with Crippen molar-refractivity contribution in [3.8, 4) is 0 Å². The van der Waals surface area contributed by atoms with E-state index in [1.807, 2.05) is 10.8 Å². The second-order valence-electron chi connectivity index (χ2n) is 5.79. The van der Waals surface area contributed by atoms with Gasteiger partial charge in [-0.3, -0.25) is 0 Å². The summed E-state index contributed by atoms with van der Waals surface area (Å²) in [5, 5.41) is 3.52. The first kappa shape index (κ1) is 15.0. The summed E-state index contributed by atoms with van der Waals surface area (Å²) in [5.74, 6) is 0.511. The van der Waals surface area contributed by atoms with Gasteiger partial charge in [-0.25, -0.2) is 9.37 Å². The molecule has 0 fully saturated rings. The van der Waals surface area contributed by atoms with Gasteiger partial charge >= 0.3 is 0 Å². The molecule has 108 valence electrons. The molecule has 2 rings (SSSR count). The maximum atomic E-state index is 13.9. The fourth-order valence-electron chi connectivity index (χ4n) is 1.85. The van der Waals surface area contributed by atoms with Gasteiger partial charge in [0.05, 0.1) is 18.1 Å². The third-order valence-corrected chi connectivity index (χ3v) is 3.24. The highest BCUT2D eigenvalue weighted by atomic mass is 35.5. The minimum atomic E-state index is -0.363. The number of aromatic nitrogens is 2. The molecule has 0 spiro atoms. The van der Waals surface area contributed by atoms with Crippen molar-refractivity contribution in [1.29, 1.82) is 0 Å². The Kier molecular flexibility index (Phi) is 4.45. The van der Waals surface area contributed by atoms with E-state index in [0.29, 0.717) is 18.7 Å². The number of benzene rings is 1. The van der Waals surface area contributed by atoms with E-state index in [1.54, 1.807) is 24.4 Å². The van der Waals surface area contributed by atoms with Gasteiger partial charge in [0.1, 0.15) is 11.6 Å². The van der Waals surface area contributed by atoms with E-state index in [1.165, 1.54) is 0 Å². The van der Waals surface area contributed by atoms with E-state index in [0.717, 1.165) is 5.82 Å². The van der Waals surface area contributed by atoms with Crippen LogP contribution in [0.15, 0.2) is 30.6 Å². The fourth-order valence-corrected chi connectivity index (χ4v) is 2.04. The molecule has 0 unspecified atom stereocenters. The summed E-state index contributed by atoms with van der Waals surface area (Å²) in [6.07, 6.45) is 3.57. The molecular formula is C15H19ClFN3. The molecule has 0 aliphatic rings. The van der Waals surface area contributed by atoms with Gasteiger partial charge in [0, 0.05) is 23.5 Å². The van der Waals surface area contributed by atoms with Gasteiger partial charge < -0.3 is 9.88 Å². The highest BCUT2D eigenvalue weighted by molar-refractivity contribution is 6.30. The maximum absolute atomic E-state index is 13.9. The minimum Gasteiger partial charge on any atom is -0.329 e. The van der Waals surface area contributed by atoms with Crippen LogP contribution in [0.25, 0.3) is 0 Å². The van der Waals surface area contributed by atoms with E-state index >= 15 is 0 Å². The Morgan fingerprint density at radius 2 is 2.10 bits per heavy atom. The highest BCUT2D eigenvalue weighted by Gasteiger charge is 2.12. The van der Waals surface area contributed by atoms with Gasteiger partial charge in [0.15, 0.2) is 0 Å². The number of imidazole rings is 1. The molecule has 1 aromatic carbocycles. The number of nitrogens with zero attached hydrogens (tertiary/aromatic N) is 2. The van der Waals surface area contributed by atoms with Crippen LogP contribution in [0.5, 0.6) is 0 Å². The van der Waals surface area contributed by atoms with Crippen LogP contribution < -0.4 is 5.32 Å². The molecule has 0 amide bonds. The lowest BCUT2D eigenvalue weighted by molar-refractivity contribution is 0.412. The molecule has 1 N–H and O–H groups in total. The second kappa shape index (κ2) is 5.94. The van der Waals surface area contributed by atoms with Crippen molar-refractivity contribution < 1.29 is 4.39 Å². The maximum Gasteiger partial charge on any atom is 0.146 e. The molecule has 20 heavy (non-hydrogen) atoms. The van der Waals surface area contributed by atoms with Crippen LogP contribution in [0.3, 0.4) is 0 Å². The Bertz CT molecular complexity index is 587. The van der Waals surface area contributed by atoms with Gasteiger partial charge in [-0.2, -0.15) is 0 Å². The fraction of sp³-hybridized carbons (Fsp3) is 0.400. The van der Waals surface area contributed by atoms with E-state index in [2.05, 4.69) is 31.1 Å². The van der Waals surface area contributed by atoms with Gasteiger partial charge in [-0.1, -0.05) is 23.7 Å². The Morgan fingerprint density at radius 1 is 1.35 bits per heavy atom. The van der Waals surface area contributed by atoms with Crippen LogP contribution >= 0.6 is 11.6 Å². The van der Waals surface area contributed by atoms with Crippen molar-refractivity contribution >= 4 is 11.6 Å². The Labute approximate surface area is 123 Å². The first-order chi connectivity index (χ1) is 9.37. The number of hydrogen-bond acceptors (Lipinski definition) is 2. The molecule has 1 aromatic heterocycles. The van der Waals surface area contributed by atoms with Crippen molar-refractivity contribution in [3.63, 3.8) is 0 Å². The standard InChI is InChI=1S/C15H19ClFN3/c1-15(2,3)19-9-13-18-7-8-20(13)10-11-5-4-6-12(16)14(11)17/h4-8,19H,9-10H2,1-3H3. The molecule has 5 heteroatoms. The molecule has 0 bridgehead atoms. The lowest BCUT2D eigenvalue weighted by atomic mass is 10.1. The van der Waals surface area contributed by atoms with E-state index in [9.17, 15) is 4.39 Å². The van der Waals surface area contributed by atoms with Crippen LogP contribution in [0.2, 0.25) is 5.02 Å². The molecule has 3 nitrogen and oxygen atoms in total. The predicted molar refractivity (Wildman–Crippen MR) is 79.3 cm³/mol. The normalized spacial score (nSPS) is 11.8. The summed E-state index contributed by atoms with van der Waals surface area (Å²) in [6.45, 7) is 7.34. The SMILES string of the molecule is CC(C)(C)NCc1nccn1Cc1cccc(Cl)c1F. The molecule has 0 aliphatic carbocycles. The van der Waals surface area contributed by atoms with Gasteiger partial charge in [-0.05, 0) is 26.8 Å². The summed E-state index contributed by atoms with van der Waals surface area (Å²) in [4.78, 5) is 4.31. The van der Waals surface area contributed by atoms with E-state index in [4.69, 9.17) is 11.6 Å². The van der Waals surface area contributed by atoms with E-state index < -0.39 is 0 Å². The number of hydrogen-bond donors (Lipinski definition) is 1. The summed E-state index contributed by atoms with van der Waals surface area (Å²) in [6, 6.07) is 5.04. The predicted octanol–water partition coefficient (Wildman–Crippen LogP) is 3.61. The van der Waals surface area contributed by atoms with Crippen molar-refractivity contribution in [2.75, 3.05) is 0 Å². The molecule has 0 saturated carbocycles. The number of rotatable bonds is 4. The van der Waals surface area contributed by atoms with Crippen LogP contribution in [-0.4, -0.2) is 15.1 Å². The van der Waals surface area contributed by atoms with Gasteiger partial charge in [-0.15, -0.1) is 0 Å². The summed E-state index contributed by atoms with van der Waals surface area (Å²) < 4.78 is 15.8. The zero-order valence-electron chi connectivity index (χ0n) is 12.0. The van der Waals surface area contributed by atoms with Crippen molar-refractivity contribution in [2.24, 2.45) is 0 Å². The van der Waals surface area contributed by atoms with Crippen LogP contribution in [0, 0.1) is 5.82 Å². The molecule has 0 aliphatic heterocycles. The Morgan fingerprint density at radius 3 is 2.80 bits per heavy atom. The minimum absolute atomic E-state index is 0.0120. The van der Waals surface area contributed by atoms with Crippen molar-refractivity contribution in [2.45, 2.75) is 39.4 Å². The molecular weight excluding hydrogens is 277 g/mol. The first-order valence-electron chi connectivity index (χ1n) is 6.55. The average Bonchev–Trinajstić information content (AvgIpc) is 2.79. The molecule has 1 heterocycles.